The quantitative estimate of drug-likeness (QED) is 0.901. The number of carbonyl (C=O) groups excluding carboxylic acids is 2. The molecule has 23 heavy (non-hydrogen) atoms. The summed E-state index contributed by atoms with van der Waals surface area (Å²) in [4.78, 5) is 28.6. The fraction of sp³-hybridized carbons (Fsp3) is 0.267. The third-order valence-corrected chi connectivity index (χ3v) is 4.52. The lowest BCUT2D eigenvalue weighted by Gasteiger charge is -2.07. The molecular formula is C15H11F3N2O2S. The third-order valence-electron chi connectivity index (χ3n) is 3.46. The Balaban J connectivity index is 1.76. The zero-order chi connectivity index (χ0) is 16.6. The first-order valence-corrected chi connectivity index (χ1v) is 7.68. The van der Waals surface area contributed by atoms with E-state index in [-0.39, 0.29) is 16.5 Å². The number of aryl methyl sites for hydroxylation is 1. The molecule has 0 saturated heterocycles. The van der Waals surface area contributed by atoms with Crippen LogP contribution in [-0.4, -0.2) is 16.7 Å². The average Bonchev–Trinajstić information content (AvgIpc) is 2.90. The summed E-state index contributed by atoms with van der Waals surface area (Å²) in [7, 11) is 0. The van der Waals surface area contributed by atoms with Crippen LogP contribution in [0.2, 0.25) is 0 Å². The Morgan fingerprint density at radius 3 is 2.48 bits per heavy atom. The summed E-state index contributed by atoms with van der Waals surface area (Å²) in [6.45, 7) is 0. The van der Waals surface area contributed by atoms with E-state index in [1.54, 1.807) is 0 Å². The second kappa shape index (κ2) is 5.77. The Labute approximate surface area is 133 Å². The first-order valence-electron chi connectivity index (χ1n) is 6.86. The zero-order valence-electron chi connectivity index (χ0n) is 11.7. The van der Waals surface area contributed by atoms with E-state index in [9.17, 15) is 22.8 Å². The molecule has 2 aromatic rings. The van der Waals surface area contributed by atoms with Gasteiger partial charge in [0.2, 0.25) is 0 Å². The van der Waals surface area contributed by atoms with Crippen molar-refractivity contribution in [2.75, 3.05) is 5.32 Å². The van der Waals surface area contributed by atoms with Gasteiger partial charge in [-0.3, -0.25) is 14.9 Å². The number of ketones is 1. The van der Waals surface area contributed by atoms with Crippen molar-refractivity contribution in [1.29, 1.82) is 0 Å². The molecule has 0 saturated carbocycles. The highest BCUT2D eigenvalue weighted by Crippen LogP contribution is 2.31. The molecule has 0 fully saturated rings. The van der Waals surface area contributed by atoms with Gasteiger partial charge in [0, 0.05) is 12.0 Å². The second-order valence-electron chi connectivity index (χ2n) is 5.10. The smallest absolute Gasteiger partial charge is 0.298 e. The Morgan fingerprint density at radius 2 is 1.87 bits per heavy atom. The number of hydrogen-bond donors (Lipinski definition) is 1. The number of Topliss-reactive ketones (excluding diaryl/α,β-unsaturated/α-hetero) is 1. The van der Waals surface area contributed by atoms with Gasteiger partial charge in [0.1, 0.15) is 0 Å². The molecule has 0 spiro atoms. The summed E-state index contributed by atoms with van der Waals surface area (Å²) in [6, 6.07) is 3.92. The molecule has 1 amide bonds. The van der Waals surface area contributed by atoms with Gasteiger partial charge in [-0.25, -0.2) is 4.98 Å². The normalized spacial score (nSPS) is 14.5. The maximum absolute atomic E-state index is 12.5. The van der Waals surface area contributed by atoms with Crippen LogP contribution in [0, 0.1) is 0 Å². The molecule has 1 aliphatic rings. The summed E-state index contributed by atoms with van der Waals surface area (Å²) < 4.78 is 37.5. The minimum atomic E-state index is -4.44. The van der Waals surface area contributed by atoms with Gasteiger partial charge in [-0.15, -0.1) is 0 Å². The van der Waals surface area contributed by atoms with Crippen molar-refractivity contribution in [1.82, 2.24) is 4.98 Å². The van der Waals surface area contributed by atoms with Crippen molar-refractivity contribution in [3.05, 3.63) is 46.0 Å². The van der Waals surface area contributed by atoms with Crippen LogP contribution in [0.5, 0.6) is 0 Å². The Bertz CT molecular complexity index is 766. The molecule has 8 heteroatoms. The summed E-state index contributed by atoms with van der Waals surface area (Å²) >= 11 is 1.10. The molecule has 0 radical (unpaired) electrons. The molecule has 0 atom stereocenters. The second-order valence-corrected chi connectivity index (χ2v) is 6.10. The van der Waals surface area contributed by atoms with Crippen molar-refractivity contribution in [2.45, 2.75) is 25.4 Å². The highest BCUT2D eigenvalue weighted by molar-refractivity contribution is 7.17. The lowest BCUT2D eigenvalue weighted by Crippen LogP contribution is -2.12. The van der Waals surface area contributed by atoms with Gasteiger partial charge in [-0.05, 0) is 37.1 Å². The molecule has 0 bridgehead atoms. The molecule has 3 rings (SSSR count). The molecule has 0 unspecified atom stereocenters. The van der Waals surface area contributed by atoms with Crippen LogP contribution in [0.15, 0.2) is 24.3 Å². The molecule has 120 valence electrons. The minimum absolute atomic E-state index is 0.0128. The lowest BCUT2D eigenvalue weighted by molar-refractivity contribution is -0.137. The van der Waals surface area contributed by atoms with Gasteiger partial charge in [0.15, 0.2) is 10.9 Å². The van der Waals surface area contributed by atoms with Crippen molar-refractivity contribution in [3.8, 4) is 0 Å². The Hall–Kier alpha value is -2.22. The average molecular weight is 340 g/mol. The standard InChI is InChI=1S/C15H11F3N2O2S/c16-15(17,18)9-6-4-8(5-7-9)13(22)20-14-19-10-2-1-3-11(21)12(10)23-14/h4-7H,1-3H2,(H,19,20,22). The first-order chi connectivity index (χ1) is 10.8. The number of benzene rings is 1. The largest absolute Gasteiger partial charge is 0.416 e. The molecule has 1 aliphatic carbocycles. The van der Waals surface area contributed by atoms with E-state index < -0.39 is 17.6 Å². The Kier molecular flexibility index (Phi) is 3.93. The van der Waals surface area contributed by atoms with Crippen LogP contribution < -0.4 is 5.32 Å². The maximum atomic E-state index is 12.5. The van der Waals surface area contributed by atoms with Crippen LogP contribution in [0.25, 0.3) is 0 Å². The summed E-state index contributed by atoms with van der Waals surface area (Å²) in [5, 5.41) is 2.82. The predicted molar refractivity (Wildman–Crippen MR) is 78.8 cm³/mol. The summed E-state index contributed by atoms with van der Waals surface area (Å²) in [5.74, 6) is -0.545. The number of amides is 1. The molecule has 1 aromatic carbocycles. The maximum Gasteiger partial charge on any atom is 0.416 e. The van der Waals surface area contributed by atoms with Gasteiger partial charge < -0.3 is 0 Å². The fourth-order valence-corrected chi connectivity index (χ4v) is 3.28. The van der Waals surface area contributed by atoms with Gasteiger partial charge in [0.25, 0.3) is 5.91 Å². The van der Waals surface area contributed by atoms with E-state index in [1.165, 1.54) is 0 Å². The summed E-state index contributed by atoms with van der Waals surface area (Å²) in [5.41, 5.74) is -0.0455. The number of fused-ring (bicyclic) bond motifs is 1. The fourth-order valence-electron chi connectivity index (χ4n) is 2.30. The van der Waals surface area contributed by atoms with E-state index in [0.29, 0.717) is 23.4 Å². The monoisotopic (exact) mass is 340 g/mol. The lowest BCUT2D eigenvalue weighted by atomic mass is 10.0. The van der Waals surface area contributed by atoms with E-state index in [0.717, 1.165) is 42.0 Å². The number of aromatic nitrogens is 1. The van der Waals surface area contributed by atoms with Gasteiger partial charge in [-0.2, -0.15) is 13.2 Å². The molecule has 1 N–H and O–H groups in total. The van der Waals surface area contributed by atoms with E-state index >= 15 is 0 Å². The number of rotatable bonds is 2. The molecule has 1 heterocycles. The van der Waals surface area contributed by atoms with Crippen molar-refractivity contribution >= 4 is 28.2 Å². The number of alkyl halides is 3. The number of anilines is 1. The topological polar surface area (TPSA) is 59.1 Å². The first kappa shape index (κ1) is 15.7. The number of thiazole rings is 1. The molecule has 1 aromatic heterocycles. The zero-order valence-corrected chi connectivity index (χ0v) is 12.6. The van der Waals surface area contributed by atoms with Crippen LogP contribution in [0.3, 0.4) is 0 Å². The van der Waals surface area contributed by atoms with Gasteiger partial charge in [-0.1, -0.05) is 11.3 Å². The van der Waals surface area contributed by atoms with Crippen LogP contribution >= 0.6 is 11.3 Å². The van der Waals surface area contributed by atoms with Crippen LogP contribution in [0.1, 0.15) is 44.1 Å². The summed E-state index contributed by atoms with van der Waals surface area (Å²) in [6.07, 6.45) is -2.54. The molecule has 4 nitrogen and oxygen atoms in total. The van der Waals surface area contributed by atoms with E-state index in [4.69, 9.17) is 0 Å². The van der Waals surface area contributed by atoms with Crippen LogP contribution in [0.4, 0.5) is 18.3 Å². The number of halogens is 3. The van der Waals surface area contributed by atoms with Crippen molar-refractivity contribution < 1.29 is 22.8 Å². The number of carbonyl (C=O) groups is 2. The van der Waals surface area contributed by atoms with Gasteiger partial charge in [0.05, 0.1) is 16.1 Å². The molecular weight excluding hydrogens is 329 g/mol. The van der Waals surface area contributed by atoms with Crippen molar-refractivity contribution in [2.24, 2.45) is 0 Å². The number of nitrogens with zero attached hydrogens (tertiary/aromatic N) is 1. The highest BCUT2D eigenvalue weighted by Gasteiger charge is 2.30. The van der Waals surface area contributed by atoms with E-state index in [1.807, 2.05) is 0 Å². The number of nitrogens with one attached hydrogen (secondary N) is 1. The third kappa shape index (κ3) is 3.26. The predicted octanol–water partition coefficient (Wildman–Crippen LogP) is 3.93. The van der Waals surface area contributed by atoms with E-state index in [2.05, 4.69) is 10.3 Å². The van der Waals surface area contributed by atoms with Crippen molar-refractivity contribution in [3.63, 3.8) is 0 Å². The van der Waals surface area contributed by atoms with Gasteiger partial charge >= 0.3 is 6.18 Å². The van der Waals surface area contributed by atoms with Crippen LogP contribution in [-0.2, 0) is 12.6 Å². The number of hydrogen-bond acceptors (Lipinski definition) is 4. The SMILES string of the molecule is O=C(Nc1nc2c(s1)C(=O)CCC2)c1ccc(C(F)(F)F)cc1. The minimum Gasteiger partial charge on any atom is -0.298 e. The highest BCUT2D eigenvalue weighted by atomic mass is 32.1. The Morgan fingerprint density at radius 1 is 1.17 bits per heavy atom. The molecule has 0 aliphatic heterocycles.